The summed E-state index contributed by atoms with van der Waals surface area (Å²) in [6.07, 6.45) is 1.58. The molecule has 3 rings (SSSR count). The van der Waals surface area contributed by atoms with Crippen molar-refractivity contribution in [3.8, 4) is 11.6 Å². The van der Waals surface area contributed by atoms with E-state index in [0.717, 1.165) is 0 Å². The van der Waals surface area contributed by atoms with Crippen LogP contribution in [0.2, 0.25) is 0 Å². The van der Waals surface area contributed by atoms with E-state index in [9.17, 15) is 9.59 Å². The number of thioether (sulfide) groups is 1. The Morgan fingerprint density at radius 1 is 1.23 bits per heavy atom. The van der Waals surface area contributed by atoms with E-state index in [2.05, 4.69) is 15.5 Å². The van der Waals surface area contributed by atoms with Gasteiger partial charge in [0.25, 0.3) is 0 Å². The highest BCUT2D eigenvalue weighted by molar-refractivity contribution is 7.99. The number of furan rings is 1. The van der Waals surface area contributed by atoms with Gasteiger partial charge in [-0.1, -0.05) is 23.9 Å². The van der Waals surface area contributed by atoms with Gasteiger partial charge in [-0.2, -0.15) is 0 Å². The zero-order valence-electron chi connectivity index (χ0n) is 14.4. The van der Waals surface area contributed by atoms with Crippen molar-refractivity contribution in [1.29, 1.82) is 0 Å². The van der Waals surface area contributed by atoms with E-state index in [-0.39, 0.29) is 17.4 Å². The maximum absolute atomic E-state index is 12.2. The normalized spacial score (nSPS) is 10.7. The molecule has 2 heterocycles. The fourth-order valence-corrected chi connectivity index (χ4v) is 3.21. The summed E-state index contributed by atoms with van der Waals surface area (Å²) in [5.74, 6) is 1.23. The van der Waals surface area contributed by atoms with Crippen molar-refractivity contribution in [3.63, 3.8) is 0 Å². The van der Waals surface area contributed by atoms with Crippen molar-refractivity contribution in [3.05, 3.63) is 48.2 Å². The first-order valence-electron chi connectivity index (χ1n) is 8.09. The van der Waals surface area contributed by atoms with Gasteiger partial charge in [0.05, 0.1) is 12.0 Å². The molecular weight excluding hydrogens is 352 g/mol. The molecule has 2 aromatic heterocycles. The minimum Gasteiger partial charge on any atom is -0.461 e. The van der Waals surface area contributed by atoms with Crippen LogP contribution in [0.15, 0.2) is 52.2 Å². The van der Waals surface area contributed by atoms with Crippen molar-refractivity contribution in [2.45, 2.75) is 25.5 Å². The average Bonchev–Trinajstić information content (AvgIpc) is 3.29. The van der Waals surface area contributed by atoms with Crippen LogP contribution in [-0.4, -0.2) is 32.2 Å². The van der Waals surface area contributed by atoms with Gasteiger partial charge in [-0.15, -0.1) is 10.2 Å². The molecule has 0 saturated carbocycles. The molecule has 0 radical (unpaired) electrons. The number of benzene rings is 1. The summed E-state index contributed by atoms with van der Waals surface area (Å²) in [6.45, 7) is 4.13. The van der Waals surface area contributed by atoms with E-state index >= 15 is 0 Å². The molecule has 0 atom stereocenters. The number of rotatable bonds is 7. The number of anilines is 1. The summed E-state index contributed by atoms with van der Waals surface area (Å²) in [6, 6.07) is 10.5. The predicted octanol–water partition coefficient (Wildman–Crippen LogP) is 3.49. The highest BCUT2D eigenvalue weighted by atomic mass is 32.2. The molecule has 0 spiro atoms. The lowest BCUT2D eigenvalue weighted by Gasteiger charge is -2.07. The Morgan fingerprint density at radius 3 is 2.77 bits per heavy atom. The van der Waals surface area contributed by atoms with Crippen LogP contribution in [0.1, 0.15) is 24.2 Å². The van der Waals surface area contributed by atoms with Gasteiger partial charge in [0.15, 0.2) is 22.5 Å². The average molecular weight is 370 g/mol. The second kappa shape index (κ2) is 8.01. The zero-order valence-corrected chi connectivity index (χ0v) is 15.2. The molecule has 26 heavy (non-hydrogen) atoms. The number of carbonyl (C=O) groups is 2. The fourth-order valence-electron chi connectivity index (χ4n) is 2.41. The summed E-state index contributed by atoms with van der Waals surface area (Å²) < 4.78 is 7.27. The topological polar surface area (TPSA) is 90.0 Å². The van der Waals surface area contributed by atoms with Crippen LogP contribution in [0.5, 0.6) is 0 Å². The van der Waals surface area contributed by atoms with Gasteiger partial charge < -0.3 is 9.73 Å². The van der Waals surface area contributed by atoms with Gasteiger partial charge >= 0.3 is 0 Å². The molecule has 0 bridgehead atoms. The van der Waals surface area contributed by atoms with E-state index in [1.54, 1.807) is 36.6 Å². The smallest absolute Gasteiger partial charge is 0.234 e. The first kappa shape index (κ1) is 17.9. The predicted molar refractivity (Wildman–Crippen MR) is 99.2 cm³/mol. The molecule has 134 valence electrons. The zero-order chi connectivity index (χ0) is 18.5. The maximum Gasteiger partial charge on any atom is 0.234 e. The highest BCUT2D eigenvalue weighted by Gasteiger charge is 2.16. The van der Waals surface area contributed by atoms with Gasteiger partial charge in [0, 0.05) is 17.8 Å². The Bertz CT molecular complexity index is 918. The second-order valence-corrected chi connectivity index (χ2v) is 6.44. The number of nitrogens with one attached hydrogen (secondary N) is 1. The van der Waals surface area contributed by atoms with Gasteiger partial charge in [-0.3, -0.25) is 14.2 Å². The molecule has 1 aromatic carbocycles. The summed E-state index contributed by atoms with van der Waals surface area (Å²) in [4.78, 5) is 23.6. The minimum atomic E-state index is -0.180. The van der Waals surface area contributed by atoms with Crippen molar-refractivity contribution in [1.82, 2.24) is 14.8 Å². The second-order valence-electron chi connectivity index (χ2n) is 5.50. The Hall–Kier alpha value is -2.87. The third kappa shape index (κ3) is 4.02. The fraction of sp³-hybridized carbons (Fsp3) is 0.222. The van der Waals surface area contributed by atoms with Crippen LogP contribution >= 0.6 is 11.8 Å². The Morgan fingerprint density at radius 2 is 2.08 bits per heavy atom. The third-order valence-electron chi connectivity index (χ3n) is 3.66. The quantitative estimate of drug-likeness (QED) is 0.506. The molecule has 1 N–H and O–H groups in total. The Balaban J connectivity index is 1.65. The van der Waals surface area contributed by atoms with E-state index in [1.807, 2.05) is 17.6 Å². The molecule has 3 aromatic rings. The molecule has 0 aliphatic rings. The van der Waals surface area contributed by atoms with Crippen molar-refractivity contribution in [2.75, 3.05) is 11.1 Å². The molecule has 0 unspecified atom stereocenters. The monoisotopic (exact) mass is 370 g/mol. The lowest BCUT2D eigenvalue weighted by atomic mass is 10.1. The summed E-state index contributed by atoms with van der Waals surface area (Å²) in [5, 5.41) is 11.7. The summed E-state index contributed by atoms with van der Waals surface area (Å²) in [5.41, 5.74) is 1.15. The molecular formula is C18H18N4O3S. The van der Waals surface area contributed by atoms with Gasteiger partial charge in [-0.05, 0) is 38.1 Å². The number of hydrogen-bond acceptors (Lipinski definition) is 6. The largest absolute Gasteiger partial charge is 0.461 e. The minimum absolute atomic E-state index is 0.0445. The van der Waals surface area contributed by atoms with Crippen molar-refractivity contribution >= 4 is 29.1 Å². The molecule has 1 amide bonds. The van der Waals surface area contributed by atoms with Gasteiger partial charge in [0.2, 0.25) is 5.91 Å². The van der Waals surface area contributed by atoms with Crippen LogP contribution in [0.3, 0.4) is 0 Å². The number of ketones is 1. The SMILES string of the molecule is CCn1c(SCC(=O)Nc2cccc(C(C)=O)c2)nnc1-c1ccco1. The van der Waals surface area contributed by atoms with E-state index in [0.29, 0.717) is 34.5 Å². The van der Waals surface area contributed by atoms with E-state index < -0.39 is 0 Å². The van der Waals surface area contributed by atoms with Crippen molar-refractivity contribution < 1.29 is 14.0 Å². The number of hydrogen-bond donors (Lipinski definition) is 1. The van der Waals surface area contributed by atoms with Gasteiger partial charge in [0.1, 0.15) is 0 Å². The standard InChI is InChI=1S/C18H18N4O3S/c1-3-22-17(15-8-5-9-25-15)20-21-18(22)26-11-16(24)19-14-7-4-6-13(10-14)12(2)23/h4-10H,3,11H2,1-2H3,(H,19,24). The molecule has 0 saturated heterocycles. The van der Waals surface area contributed by atoms with Crippen LogP contribution in [-0.2, 0) is 11.3 Å². The number of carbonyl (C=O) groups excluding carboxylic acids is 2. The van der Waals surface area contributed by atoms with Crippen molar-refractivity contribution in [2.24, 2.45) is 0 Å². The van der Waals surface area contributed by atoms with Crippen LogP contribution in [0.4, 0.5) is 5.69 Å². The third-order valence-corrected chi connectivity index (χ3v) is 4.63. The summed E-state index contributed by atoms with van der Waals surface area (Å²) >= 11 is 1.30. The van der Waals surface area contributed by atoms with Gasteiger partial charge in [-0.25, -0.2) is 0 Å². The summed E-state index contributed by atoms with van der Waals surface area (Å²) in [7, 11) is 0. The molecule has 0 fully saturated rings. The van der Waals surface area contributed by atoms with E-state index in [1.165, 1.54) is 18.7 Å². The molecule has 8 heteroatoms. The lowest BCUT2D eigenvalue weighted by Crippen LogP contribution is -2.15. The van der Waals surface area contributed by atoms with Crippen LogP contribution in [0.25, 0.3) is 11.6 Å². The number of Topliss-reactive ketones (excluding diaryl/α,β-unsaturated/α-hetero) is 1. The first-order valence-corrected chi connectivity index (χ1v) is 9.07. The van der Waals surface area contributed by atoms with Crippen LogP contribution in [0, 0.1) is 0 Å². The first-order chi connectivity index (χ1) is 12.6. The number of nitrogens with zero attached hydrogens (tertiary/aromatic N) is 3. The highest BCUT2D eigenvalue weighted by Crippen LogP contribution is 2.24. The van der Waals surface area contributed by atoms with E-state index in [4.69, 9.17) is 4.42 Å². The molecule has 7 nitrogen and oxygen atoms in total. The Labute approximate surface area is 154 Å². The van der Waals surface area contributed by atoms with Crippen LogP contribution < -0.4 is 5.32 Å². The lowest BCUT2D eigenvalue weighted by molar-refractivity contribution is -0.113. The molecule has 0 aliphatic carbocycles. The maximum atomic E-state index is 12.2. The number of aromatic nitrogens is 3. The Kier molecular flexibility index (Phi) is 5.52. The molecule has 0 aliphatic heterocycles. The number of amides is 1.